The highest BCUT2D eigenvalue weighted by Crippen LogP contribution is 2.31. The van der Waals surface area contributed by atoms with Crippen molar-refractivity contribution in [2.75, 3.05) is 10.7 Å². The molecule has 4 N–H and O–H groups in total. The minimum atomic E-state index is -0.100. The molecule has 1 aliphatic carbocycles. The molecule has 0 radical (unpaired) electrons. The molecular formula is C15H27N5. The van der Waals surface area contributed by atoms with Crippen molar-refractivity contribution in [1.82, 2.24) is 9.97 Å². The van der Waals surface area contributed by atoms with Crippen molar-refractivity contribution in [3.63, 3.8) is 0 Å². The van der Waals surface area contributed by atoms with Crippen molar-refractivity contribution in [3.8, 4) is 0 Å². The highest BCUT2D eigenvalue weighted by Gasteiger charge is 2.26. The lowest BCUT2D eigenvalue weighted by Gasteiger charge is -2.24. The van der Waals surface area contributed by atoms with Crippen molar-refractivity contribution < 1.29 is 0 Å². The van der Waals surface area contributed by atoms with Gasteiger partial charge < -0.3 is 10.7 Å². The van der Waals surface area contributed by atoms with Crippen LogP contribution in [0.15, 0.2) is 0 Å². The first kappa shape index (κ1) is 15.0. The van der Waals surface area contributed by atoms with Gasteiger partial charge in [0.15, 0.2) is 0 Å². The van der Waals surface area contributed by atoms with Crippen LogP contribution in [0, 0.1) is 12.8 Å². The van der Waals surface area contributed by atoms with Crippen molar-refractivity contribution in [3.05, 3.63) is 11.4 Å². The molecule has 2 unspecified atom stereocenters. The van der Waals surface area contributed by atoms with Crippen LogP contribution in [0.1, 0.15) is 58.3 Å². The first-order valence-corrected chi connectivity index (χ1v) is 7.45. The number of nitrogen functional groups attached to an aromatic ring is 1. The molecule has 20 heavy (non-hydrogen) atoms. The summed E-state index contributed by atoms with van der Waals surface area (Å²) in [5, 5.41) is 3.60. The van der Waals surface area contributed by atoms with Crippen LogP contribution in [0.3, 0.4) is 0 Å². The number of hydrazine groups is 1. The average molecular weight is 277 g/mol. The van der Waals surface area contributed by atoms with Gasteiger partial charge in [-0.15, -0.1) is 0 Å². The second kappa shape index (κ2) is 5.56. The summed E-state index contributed by atoms with van der Waals surface area (Å²) in [7, 11) is 0. The van der Waals surface area contributed by atoms with E-state index in [1.54, 1.807) is 0 Å². The number of anilines is 2. The van der Waals surface area contributed by atoms with Gasteiger partial charge in [-0.05, 0) is 25.7 Å². The number of hydrogen-bond acceptors (Lipinski definition) is 5. The normalized spacial score (nSPS) is 22.9. The van der Waals surface area contributed by atoms with E-state index in [-0.39, 0.29) is 5.41 Å². The van der Waals surface area contributed by atoms with E-state index in [1.165, 1.54) is 19.3 Å². The highest BCUT2D eigenvalue weighted by molar-refractivity contribution is 5.57. The Labute approximate surface area is 121 Å². The van der Waals surface area contributed by atoms with Gasteiger partial charge in [-0.25, -0.2) is 15.8 Å². The average Bonchev–Trinajstić information content (AvgIpc) is 2.76. The topological polar surface area (TPSA) is 75.9 Å². The van der Waals surface area contributed by atoms with E-state index in [1.807, 2.05) is 6.92 Å². The third-order valence-electron chi connectivity index (χ3n) is 4.14. The van der Waals surface area contributed by atoms with Gasteiger partial charge in [0.05, 0.1) is 0 Å². The van der Waals surface area contributed by atoms with E-state index in [0.29, 0.717) is 17.8 Å². The van der Waals surface area contributed by atoms with Crippen LogP contribution in [0.4, 0.5) is 11.6 Å². The molecule has 112 valence electrons. The SMILES string of the molecule is Cc1c(NN)nc(C(C)(C)C)nc1NC1CCCC1C. The number of nitrogens with two attached hydrogens (primary N) is 1. The van der Waals surface area contributed by atoms with Crippen LogP contribution in [0.5, 0.6) is 0 Å². The summed E-state index contributed by atoms with van der Waals surface area (Å²) in [5.41, 5.74) is 3.58. The molecule has 1 heterocycles. The number of rotatable bonds is 3. The van der Waals surface area contributed by atoms with E-state index in [9.17, 15) is 0 Å². The smallest absolute Gasteiger partial charge is 0.148 e. The Hall–Kier alpha value is -1.36. The van der Waals surface area contributed by atoms with Gasteiger partial charge in [0, 0.05) is 17.0 Å². The monoisotopic (exact) mass is 277 g/mol. The van der Waals surface area contributed by atoms with Gasteiger partial charge in [-0.3, -0.25) is 0 Å². The molecular weight excluding hydrogens is 250 g/mol. The fraction of sp³-hybridized carbons (Fsp3) is 0.733. The number of aromatic nitrogens is 2. The van der Waals surface area contributed by atoms with Gasteiger partial charge in [-0.2, -0.15) is 0 Å². The Morgan fingerprint density at radius 3 is 2.30 bits per heavy atom. The maximum atomic E-state index is 5.60. The second-order valence-corrected chi connectivity index (χ2v) is 6.92. The molecule has 2 atom stereocenters. The minimum absolute atomic E-state index is 0.100. The lowest BCUT2D eigenvalue weighted by molar-refractivity contribution is 0.537. The van der Waals surface area contributed by atoms with Crippen LogP contribution >= 0.6 is 0 Å². The molecule has 1 saturated carbocycles. The molecule has 1 aliphatic rings. The summed E-state index contributed by atoms with van der Waals surface area (Å²) in [4.78, 5) is 9.26. The number of hydrogen-bond donors (Lipinski definition) is 3. The predicted molar refractivity (Wildman–Crippen MR) is 83.7 cm³/mol. The third kappa shape index (κ3) is 3.03. The van der Waals surface area contributed by atoms with Crippen LogP contribution in [0.2, 0.25) is 0 Å². The second-order valence-electron chi connectivity index (χ2n) is 6.92. The zero-order chi connectivity index (χ0) is 14.9. The van der Waals surface area contributed by atoms with Gasteiger partial charge in [-0.1, -0.05) is 34.1 Å². The molecule has 5 heteroatoms. The summed E-state index contributed by atoms with van der Waals surface area (Å²) in [5.74, 6) is 8.72. The van der Waals surface area contributed by atoms with Crippen molar-refractivity contribution >= 4 is 11.6 Å². The highest BCUT2D eigenvalue weighted by atomic mass is 15.3. The standard InChI is InChI=1S/C15H27N5/c1-9-7-6-8-11(9)17-12-10(2)13(20-16)19-14(18-12)15(3,4)5/h9,11H,6-8,16H2,1-5H3,(H2,17,18,19,20). The predicted octanol–water partition coefficient (Wildman–Crippen LogP) is 2.97. The van der Waals surface area contributed by atoms with E-state index < -0.39 is 0 Å². The number of nitrogens with zero attached hydrogens (tertiary/aromatic N) is 2. The molecule has 0 bridgehead atoms. The number of nitrogens with one attached hydrogen (secondary N) is 2. The van der Waals surface area contributed by atoms with Crippen LogP contribution in [-0.2, 0) is 5.41 Å². The van der Waals surface area contributed by atoms with Gasteiger partial charge in [0.25, 0.3) is 0 Å². The molecule has 0 aromatic carbocycles. The van der Waals surface area contributed by atoms with E-state index in [2.05, 4.69) is 43.4 Å². The largest absolute Gasteiger partial charge is 0.367 e. The van der Waals surface area contributed by atoms with E-state index in [0.717, 1.165) is 17.2 Å². The Balaban J connectivity index is 2.35. The van der Waals surface area contributed by atoms with Gasteiger partial charge in [0.2, 0.25) is 0 Å². The molecule has 0 amide bonds. The summed E-state index contributed by atoms with van der Waals surface area (Å²) in [6.07, 6.45) is 3.79. The van der Waals surface area contributed by atoms with E-state index in [4.69, 9.17) is 10.8 Å². The lowest BCUT2D eigenvalue weighted by atomic mass is 9.95. The minimum Gasteiger partial charge on any atom is -0.367 e. The zero-order valence-electron chi connectivity index (χ0n) is 13.2. The Kier molecular flexibility index (Phi) is 4.18. The van der Waals surface area contributed by atoms with Crippen molar-refractivity contribution in [2.24, 2.45) is 11.8 Å². The molecule has 1 aromatic rings. The van der Waals surface area contributed by atoms with Crippen LogP contribution < -0.4 is 16.6 Å². The first-order chi connectivity index (χ1) is 9.32. The zero-order valence-corrected chi connectivity index (χ0v) is 13.2. The van der Waals surface area contributed by atoms with E-state index >= 15 is 0 Å². The molecule has 0 saturated heterocycles. The lowest BCUT2D eigenvalue weighted by Crippen LogP contribution is -2.26. The molecule has 1 aromatic heterocycles. The Morgan fingerprint density at radius 1 is 1.15 bits per heavy atom. The van der Waals surface area contributed by atoms with Crippen molar-refractivity contribution in [2.45, 2.75) is 65.3 Å². The Morgan fingerprint density at radius 2 is 1.80 bits per heavy atom. The summed E-state index contributed by atoms with van der Waals surface area (Å²) >= 11 is 0. The maximum Gasteiger partial charge on any atom is 0.148 e. The molecule has 0 spiro atoms. The molecule has 5 nitrogen and oxygen atoms in total. The van der Waals surface area contributed by atoms with Crippen molar-refractivity contribution in [1.29, 1.82) is 0 Å². The van der Waals surface area contributed by atoms with Crippen LogP contribution in [-0.4, -0.2) is 16.0 Å². The third-order valence-corrected chi connectivity index (χ3v) is 4.14. The summed E-state index contributed by atoms with van der Waals surface area (Å²) in [6, 6.07) is 0.502. The van der Waals surface area contributed by atoms with Gasteiger partial charge in [0.1, 0.15) is 17.5 Å². The fourth-order valence-corrected chi connectivity index (χ4v) is 2.67. The summed E-state index contributed by atoms with van der Waals surface area (Å²) in [6.45, 7) is 10.6. The first-order valence-electron chi connectivity index (χ1n) is 7.45. The fourth-order valence-electron chi connectivity index (χ4n) is 2.67. The maximum absolute atomic E-state index is 5.60. The molecule has 2 rings (SSSR count). The van der Waals surface area contributed by atoms with Gasteiger partial charge >= 0.3 is 0 Å². The molecule has 0 aliphatic heterocycles. The summed E-state index contributed by atoms with van der Waals surface area (Å²) < 4.78 is 0. The van der Waals surface area contributed by atoms with Crippen LogP contribution in [0.25, 0.3) is 0 Å². The molecule has 1 fully saturated rings. The quantitative estimate of drug-likeness (QED) is 0.585. The Bertz CT molecular complexity index is 478.